The Morgan fingerprint density at radius 3 is 2.62 bits per heavy atom. The number of ether oxygens (including phenoxy) is 2. The molecule has 2 aromatic rings. The van der Waals surface area contributed by atoms with Crippen LogP contribution in [0.2, 0.25) is 0 Å². The molecule has 1 N–H and O–H groups in total. The van der Waals surface area contributed by atoms with Gasteiger partial charge in [0, 0.05) is 24.7 Å². The van der Waals surface area contributed by atoms with Crippen molar-refractivity contribution in [2.75, 3.05) is 23.0 Å². The van der Waals surface area contributed by atoms with Crippen LogP contribution in [0.1, 0.15) is 18.4 Å². The highest BCUT2D eigenvalue weighted by atomic mass is 32.2. The predicted octanol–water partition coefficient (Wildman–Crippen LogP) is 2.65. The maximum absolute atomic E-state index is 12.7. The first-order chi connectivity index (χ1) is 12.4. The second-order valence-corrected chi connectivity index (χ2v) is 7.95. The molecule has 2 aliphatic rings. The number of hydrogen-bond donors (Lipinski definition) is 1. The second kappa shape index (κ2) is 6.21. The Kier molecular flexibility index (Phi) is 3.99. The number of benzene rings is 2. The van der Waals surface area contributed by atoms with Gasteiger partial charge in [-0.05, 0) is 49.2 Å². The first-order valence-corrected chi connectivity index (χ1v) is 9.76. The zero-order chi connectivity index (χ0) is 18.3. The number of sulfonamides is 1. The molecular formula is C18H18N2O5S. The Morgan fingerprint density at radius 1 is 1.08 bits per heavy atom. The number of nitrogens with zero attached hydrogens (tertiary/aromatic N) is 1. The van der Waals surface area contributed by atoms with Crippen molar-refractivity contribution in [3.63, 3.8) is 0 Å². The quantitative estimate of drug-likeness (QED) is 0.889. The molecular weight excluding hydrogens is 356 g/mol. The van der Waals surface area contributed by atoms with E-state index >= 15 is 0 Å². The monoisotopic (exact) mass is 374 g/mol. The molecule has 0 radical (unpaired) electrons. The van der Waals surface area contributed by atoms with Crippen molar-refractivity contribution in [2.45, 2.75) is 24.7 Å². The first kappa shape index (κ1) is 16.7. The van der Waals surface area contributed by atoms with Crippen LogP contribution in [0.5, 0.6) is 11.5 Å². The van der Waals surface area contributed by atoms with E-state index in [1.165, 1.54) is 6.07 Å². The van der Waals surface area contributed by atoms with E-state index in [1.54, 1.807) is 42.2 Å². The summed E-state index contributed by atoms with van der Waals surface area (Å²) in [4.78, 5) is 13.8. The molecule has 0 saturated carbocycles. The molecule has 0 aromatic heterocycles. The molecule has 0 atom stereocenters. The van der Waals surface area contributed by atoms with Gasteiger partial charge in [-0.15, -0.1) is 0 Å². The number of nitrogens with one attached hydrogen (secondary N) is 1. The van der Waals surface area contributed by atoms with Crippen LogP contribution in [0.15, 0.2) is 41.3 Å². The lowest BCUT2D eigenvalue weighted by Gasteiger charge is -2.19. The molecule has 136 valence electrons. The maximum Gasteiger partial charge on any atom is 0.261 e. The zero-order valence-electron chi connectivity index (χ0n) is 14.2. The van der Waals surface area contributed by atoms with Crippen LogP contribution in [0.25, 0.3) is 0 Å². The van der Waals surface area contributed by atoms with Crippen molar-refractivity contribution in [2.24, 2.45) is 0 Å². The van der Waals surface area contributed by atoms with Crippen LogP contribution < -0.4 is 19.1 Å². The Labute approximate surface area is 151 Å². The fourth-order valence-corrected chi connectivity index (χ4v) is 4.31. The van der Waals surface area contributed by atoms with Gasteiger partial charge < -0.3 is 14.4 Å². The third-order valence-corrected chi connectivity index (χ3v) is 5.85. The summed E-state index contributed by atoms with van der Waals surface area (Å²) in [5, 5.41) is 0. The molecule has 2 aliphatic heterocycles. The van der Waals surface area contributed by atoms with Crippen molar-refractivity contribution < 1.29 is 22.7 Å². The minimum Gasteiger partial charge on any atom is -0.454 e. The Bertz CT molecular complexity index is 987. The average molecular weight is 374 g/mol. The minimum atomic E-state index is -3.76. The van der Waals surface area contributed by atoms with Gasteiger partial charge in [0.1, 0.15) is 0 Å². The number of aryl methyl sites for hydroxylation is 1. The van der Waals surface area contributed by atoms with Crippen LogP contribution in [0.4, 0.5) is 11.4 Å². The molecule has 1 fully saturated rings. The van der Waals surface area contributed by atoms with Crippen LogP contribution in [-0.2, 0) is 14.8 Å². The molecule has 1 amide bonds. The summed E-state index contributed by atoms with van der Waals surface area (Å²) in [7, 11) is -3.76. The predicted molar refractivity (Wildman–Crippen MR) is 96.1 cm³/mol. The fourth-order valence-electron chi connectivity index (χ4n) is 3.17. The van der Waals surface area contributed by atoms with Gasteiger partial charge in [0.15, 0.2) is 11.5 Å². The maximum atomic E-state index is 12.7. The summed E-state index contributed by atoms with van der Waals surface area (Å²) in [6.45, 7) is 2.60. The molecule has 0 aliphatic carbocycles. The van der Waals surface area contributed by atoms with Crippen molar-refractivity contribution in [3.05, 3.63) is 42.0 Å². The molecule has 2 heterocycles. The van der Waals surface area contributed by atoms with Crippen LogP contribution in [0.3, 0.4) is 0 Å². The highest BCUT2D eigenvalue weighted by Crippen LogP contribution is 2.35. The summed E-state index contributed by atoms with van der Waals surface area (Å²) < 4.78 is 38.4. The van der Waals surface area contributed by atoms with Gasteiger partial charge in [-0.2, -0.15) is 0 Å². The van der Waals surface area contributed by atoms with Gasteiger partial charge in [0.2, 0.25) is 12.7 Å². The standard InChI is InChI=1S/C18H18N2O5S/c1-12-9-14(5-6-15(12)20-8-2-3-18(20)21)26(22,23)19-13-4-7-16-17(10-13)25-11-24-16/h4-7,9-10,19H,2-3,8,11H2,1H3. The summed E-state index contributed by atoms with van der Waals surface area (Å²) in [5.41, 5.74) is 1.90. The van der Waals surface area contributed by atoms with Gasteiger partial charge in [-0.25, -0.2) is 8.42 Å². The number of hydrogen-bond acceptors (Lipinski definition) is 5. The average Bonchev–Trinajstić information content (AvgIpc) is 3.22. The lowest BCUT2D eigenvalue weighted by molar-refractivity contribution is -0.117. The van der Waals surface area contributed by atoms with E-state index in [0.717, 1.165) is 17.7 Å². The van der Waals surface area contributed by atoms with E-state index in [2.05, 4.69) is 4.72 Å². The molecule has 8 heteroatoms. The zero-order valence-corrected chi connectivity index (χ0v) is 15.0. The topological polar surface area (TPSA) is 84.9 Å². The van der Waals surface area contributed by atoms with Gasteiger partial charge in [0.05, 0.1) is 10.6 Å². The van der Waals surface area contributed by atoms with Crippen molar-refractivity contribution >= 4 is 27.3 Å². The SMILES string of the molecule is Cc1cc(S(=O)(=O)Nc2ccc3c(c2)OCO3)ccc1N1CCCC1=O. The van der Waals surface area contributed by atoms with Crippen molar-refractivity contribution in [3.8, 4) is 11.5 Å². The van der Waals surface area contributed by atoms with E-state index in [4.69, 9.17) is 9.47 Å². The summed E-state index contributed by atoms with van der Waals surface area (Å²) in [6.07, 6.45) is 1.36. The Hall–Kier alpha value is -2.74. The second-order valence-electron chi connectivity index (χ2n) is 6.27. The first-order valence-electron chi connectivity index (χ1n) is 8.27. The number of fused-ring (bicyclic) bond motifs is 1. The summed E-state index contributed by atoms with van der Waals surface area (Å²) >= 11 is 0. The number of amides is 1. The van der Waals surface area contributed by atoms with Gasteiger partial charge in [-0.1, -0.05) is 0 Å². The van der Waals surface area contributed by atoms with Gasteiger partial charge >= 0.3 is 0 Å². The molecule has 0 bridgehead atoms. The third kappa shape index (κ3) is 2.96. The van der Waals surface area contributed by atoms with Crippen LogP contribution >= 0.6 is 0 Å². The molecule has 0 spiro atoms. The van der Waals surface area contributed by atoms with E-state index in [-0.39, 0.29) is 17.6 Å². The van der Waals surface area contributed by atoms with E-state index in [1.807, 2.05) is 0 Å². The highest BCUT2D eigenvalue weighted by molar-refractivity contribution is 7.92. The molecule has 1 saturated heterocycles. The van der Waals surface area contributed by atoms with Crippen LogP contribution in [-0.4, -0.2) is 27.7 Å². The summed E-state index contributed by atoms with van der Waals surface area (Å²) in [6, 6.07) is 9.65. The Morgan fingerprint density at radius 2 is 1.88 bits per heavy atom. The molecule has 26 heavy (non-hydrogen) atoms. The smallest absolute Gasteiger partial charge is 0.261 e. The number of rotatable bonds is 4. The fraction of sp³-hybridized carbons (Fsp3) is 0.278. The minimum absolute atomic E-state index is 0.0715. The lowest BCUT2D eigenvalue weighted by atomic mass is 10.2. The molecule has 7 nitrogen and oxygen atoms in total. The number of anilines is 2. The van der Waals surface area contributed by atoms with Gasteiger partial charge in [-0.3, -0.25) is 9.52 Å². The largest absolute Gasteiger partial charge is 0.454 e. The van der Waals surface area contributed by atoms with E-state index in [9.17, 15) is 13.2 Å². The molecule has 4 rings (SSSR count). The lowest BCUT2D eigenvalue weighted by Crippen LogP contribution is -2.24. The van der Waals surface area contributed by atoms with Crippen molar-refractivity contribution in [1.29, 1.82) is 0 Å². The third-order valence-electron chi connectivity index (χ3n) is 4.47. The van der Waals surface area contributed by atoms with Crippen molar-refractivity contribution in [1.82, 2.24) is 0 Å². The number of carbonyl (C=O) groups is 1. The van der Waals surface area contributed by atoms with E-state index in [0.29, 0.717) is 30.2 Å². The molecule has 0 unspecified atom stereocenters. The Balaban J connectivity index is 1.59. The summed E-state index contributed by atoms with van der Waals surface area (Å²) in [5.74, 6) is 1.16. The van der Waals surface area contributed by atoms with Crippen LogP contribution in [0, 0.1) is 6.92 Å². The highest BCUT2D eigenvalue weighted by Gasteiger charge is 2.24. The normalized spacial score (nSPS) is 16.2. The molecule has 2 aromatic carbocycles. The van der Waals surface area contributed by atoms with Gasteiger partial charge in [0.25, 0.3) is 10.0 Å². The number of carbonyl (C=O) groups excluding carboxylic acids is 1. The van der Waals surface area contributed by atoms with E-state index < -0.39 is 10.0 Å².